The SMILES string of the molecule is CN(c1cc(Cl)ccc1N)S(=O)(=O)c1ccccc1Cl. The molecule has 0 radical (unpaired) electrons. The molecule has 7 heteroatoms. The van der Waals surface area contributed by atoms with Crippen LogP contribution >= 0.6 is 23.2 Å². The molecule has 0 aromatic heterocycles. The van der Waals surface area contributed by atoms with Crippen molar-refractivity contribution >= 4 is 44.6 Å². The van der Waals surface area contributed by atoms with E-state index in [4.69, 9.17) is 28.9 Å². The first-order chi connectivity index (χ1) is 9.34. The zero-order valence-electron chi connectivity index (χ0n) is 10.5. The topological polar surface area (TPSA) is 63.4 Å². The van der Waals surface area contributed by atoms with Crippen molar-refractivity contribution in [3.63, 3.8) is 0 Å². The smallest absolute Gasteiger partial charge is 0.265 e. The molecule has 4 nitrogen and oxygen atoms in total. The molecule has 106 valence electrons. The first-order valence-corrected chi connectivity index (χ1v) is 7.82. The summed E-state index contributed by atoms with van der Waals surface area (Å²) in [5.74, 6) is 0. The second-order valence-corrected chi connectivity index (χ2v) is 6.89. The Labute approximate surface area is 127 Å². The van der Waals surface area contributed by atoms with Gasteiger partial charge in [0.05, 0.1) is 16.4 Å². The van der Waals surface area contributed by atoms with Gasteiger partial charge in [-0.15, -0.1) is 0 Å². The van der Waals surface area contributed by atoms with Crippen molar-refractivity contribution in [1.82, 2.24) is 0 Å². The minimum Gasteiger partial charge on any atom is -0.397 e. The monoisotopic (exact) mass is 330 g/mol. The molecule has 0 atom stereocenters. The van der Waals surface area contributed by atoms with Gasteiger partial charge >= 0.3 is 0 Å². The molecular weight excluding hydrogens is 319 g/mol. The highest BCUT2D eigenvalue weighted by Gasteiger charge is 2.25. The number of nitrogens with two attached hydrogens (primary N) is 1. The molecule has 0 spiro atoms. The molecule has 20 heavy (non-hydrogen) atoms. The van der Waals surface area contributed by atoms with Crippen LogP contribution in [-0.2, 0) is 10.0 Å². The van der Waals surface area contributed by atoms with E-state index in [1.807, 2.05) is 0 Å². The lowest BCUT2D eigenvalue weighted by Gasteiger charge is -2.21. The molecule has 2 rings (SSSR count). The van der Waals surface area contributed by atoms with Crippen LogP contribution in [0.3, 0.4) is 0 Å². The second kappa shape index (κ2) is 5.52. The Balaban J connectivity index is 2.55. The van der Waals surface area contributed by atoms with E-state index in [-0.39, 0.29) is 9.92 Å². The van der Waals surface area contributed by atoms with E-state index >= 15 is 0 Å². The highest BCUT2D eigenvalue weighted by atomic mass is 35.5. The molecule has 0 unspecified atom stereocenters. The summed E-state index contributed by atoms with van der Waals surface area (Å²) in [4.78, 5) is 0.0172. The number of anilines is 2. The fourth-order valence-electron chi connectivity index (χ4n) is 1.72. The highest BCUT2D eigenvalue weighted by molar-refractivity contribution is 7.93. The van der Waals surface area contributed by atoms with E-state index in [2.05, 4.69) is 0 Å². The molecule has 0 aliphatic heterocycles. The molecule has 0 amide bonds. The molecule has 0 fully saturated rings. The molecule has 0 saturated carbocycles. The van der Waals surface area contributed by atoms with Crippen molar-refractivity contribution in [1.29, 1.82) is 0 Å². The Morgan fingerprint density at radius 1 is 1.10 bits per heavy atom. The minimum atomic E-state index is -3.80. The van der Waals surface area contributed by atoms with Crippen molar-refractivity contribution in [3.05, 3.63) is 52.5 Å². The first-order valence-electron chi connectivity index (χ1n) is 5.62. The van der Waals surface area contributed by atoms with Crippen LogP contribution in [0.15, 0.2) is 47.4 Å². The maximum Gasteiger partial charge on any atom is 0.265 e. The van der Waals surface area contributed by atoms with Gasteiger partial charge in [-0.2, -0.15) is 0 Å². The summed E-state index contributed by atoms with van der Waals surface area (Å²) in [6.07, 6.45) is 0. The Kier molecular flexibility index (Phi) is 4.13. The van der Waals surface area contributed by atoms with Crippen LogP contribution in [0, 0.1) is 0 Å². The Bertz CT molecular complexity index is 748. The lowest BCUT2D eigenvalue weighted by atomic mass is 10.3. The normalized spacial score (nSPS) is 11.3. The largest absolute Gasteiger partial charge is 0.397 e. The lowest BCUT2D eigenvalue weighted by molar-refractivity contribution is 0.594. The number of benzene rings is 2. The second-order valence-electron chi connectivity index (χ2n) is 4.11. The number of halogens is 2. The van der Waals surface area contributed by atoms with Gasteiger partial charge in [0.1, 0.15) is 4.90 Å². The number of rotatable bonds is 3. The molecule has 2 aromatic carbocycles. The van der Waals surface area contributed by atoms with E-state index in [0.717, 1.165) is 4.31 Å². The third-order valence-electron chi connectivity index (χ3n) is 2.81. The molecule has 0 bridgehead atoms. The van der Waals surface area contributed by atoms with Crippen LogP contribution in [0.5, 0.6) is 0 Å². The zero-order chi connectivity index (χ0) is 14.9. The first kappa shape index (κ1) is 15.0. The summed E-state index contributed by atoms with van der Waals surface area (Å²) < 4.78 is 26.2. The Morgan fingerprint density at radius 2 is 1.75 bits per heavy atom. The molecule has 0 aliphatic rings. The fraction of sp³-hybridized carbons (Fsp3) is 0.0769. The lowest BCUT2D eigenvalue weighted by Crippen LogP contribution is -2.27. The molecular formula is C13H12Cl2N2O2S. The van der Waals surface area contributed by atoms with Crippen LogP contribution in [0.1, 0.15) is 0 Å². The van der Waals surface area contributed by atoms with Crippen LogP contribution in [0.4, 0.5) is 11.4 Å². The van der Waals surface area contributed by atoms with Crippen LogP contribution < -0.4 is 10.0 Å². The Hall–Kier alpha value is -1.43. The minimum absolute atomic E-state index is 0.0172. The van der Waals surface area contributed by atoms with Gasteiger partial charge in [-0.1, -0.05) is 35.3 Å². The standard InChI is InChI=1S/C13H12Cl2N2O2S/c1-17(12-8-9(14)6-7-11(12)16)20(18,19)13-5-3-2-4-10(13)15/h2-8H,16H2,1H3. The third kappa shape index (κ3) is 2.70. The Morgan fingerprint density at radius 3 is 2.40 bits per heavy atom. The van der Waals surface area contributed by atoms with E-state index in [1.54, 1.807) is 24.3 Å². The van der Waals surface area contributed by atoms with Crippen molar-refractivity contribution in [2.45, 2.75) is 4.90 Å². The van der Waals surface area contributed by atoms with Gasteiger partial charge in [0.15, 0.2) is 0 Å². The van der Waals surface area contributed by atoms with Gasteiger partial charge in [0.25, 0.3) is 10.0 Å². The van der Waals surface area contributed by atoms with Crippen molar-refractivity contribution < 1.29 is 8.42 Å². The average molecular weight is 331 g/mol. The molecule has 0 saturated heterocycles. The van der Waals surface area contributed by atoms with Crippen molar-refractivity contribution in [2.75, 3.05) is 17.1 Å². The van der Waals surface area contributed by atoms with Crippen molar-refractivity contribution in [2.24, 2.45) is 0 Å². The molecule has 2 N–H and O–H groups in total. The van der Waals surface area contributed by atoms with E-state index in [9.17, 15) is 8.42 Å². The van der Waals surface area contributed by atoms with Crippen LogP contribution in [0.2, 0.25) is 10.0 Å². The van der Waals surface area contributed by atoms with Gasteiger partial charge in [-0.05, 0) is 30.3 Å². The van der Waals surface area contributed by atoms with Gasteiger partial charge < -0.3 is 5.73 Å². The van der Waals surface area contributed by atoms with Crippen LogP contribution in [-0.4, -0.2) is 15.5 Å². The molecule has 0 aliphatic carbocycles. The van der Waals surface area contributed by atoms with Crippen molar-refractivity contribution in [3.8, 4) is 0 Å². The van der Waals surface area contributed by atoms with E-state index < -0.39 is 10.0 Å². The van der Waals surface area contributed by atoms with E-state index in [0.29, 0.717) is 16.4 Å². The fourth-order valence-corrected chi connectivity index (χ4v) is 3.59. The summed E-state index contributed by atoms with van der Waals surface area (Å²) in [6, 6.07) is 10.9. The summed E-state index contributed by atoms with van der Waals surface area (Å²) in [5.41, 5.74) is 6.42. The predicted molar refractivity (Wildman–Crippen MR) is 82.9 cm³/mol. The van der Waals surface area contributed by atoms with Gasteiger partial charge in [-0.3, -0.25) is 4.31 Å². The summed E-state index contributed by atoms with van der Waals surface area (Å²) >= 11 is 11.8. The zero-order valence-corrected chi connectivity index (χ0v) is 12.9. The summed E-state index contributed by atoms with van der Waals surface area (Å²) in [6.45, 7) is 0. The number of sulfonamides is 1. The number of nitrogens with zero attached hydrogens (tertiary/aromatic N) is 1. The number of nitrogen functional groups attached to an aromatic ring is 1. The average Bonchev–Trinajstić information content (AvgIpc) is 2.41. The maximum atomic E-state index is 12.6. The quantitative estimate of drug-likeness (QED) is 0.877. The molecule has 0 heterocycles. The summed E-state index contributed by atoms with van der Waals surface area (Å²) in [7, 11) is -2.40. The number of hydrogen-bond acceptors (Lipinski definition) is 3. The van der Waals surface area contributed by atoms with Gasteiger partial charge in [0.2, 0.25) is 0 Å². The van der Waals surface area contributed by atoms with E-state index in [1.165, 1.54) is 25.2 Å². The van der Waals surface area contributed by atoms with Gasteiger partial charge in [-0.25, -0.2) is 8.42 Å². The summed E-state index contributed by atoms with van der Waals surface area (Å²) in [5, 5.41) is 0.551. The third-order valence-corrected chi connectivity index (χ3v) is 5.31. The maximum absolute atomic E-state index is 12.6. The van der Waals surface area contributed by atoms with Gasteiger partial charge in [0, 0.05) is 12.1 Å². The highest BCUT2D eigenvalue weighted by Crippen LogP contribution is 2.32. The van der Waals surface area contributed by atoms with Crippen LogP contribution in [0.25, 0.3) is 0 Å². The number of hydrogen-bond donors (Lipinski definition) is 1. The molecule has 2 aromatic rings. The predicted octanol–water partition coefficient (Wildman–Crippen LogP) is 3.40.